The molecule has 1 aliphatic carbocycles. The van der Waals surface area contributed by atoms with Crippen molar-refractivity contribution in [1.82, 2.24) is 0 Å². The molecular formula is C18H16O6. The van der Waals surface area contributed by atoms with Crippen LogP contribution in [0, 0.1) is 5.92 Å². The van der Waals surface area contributed by atoms with Gasteiger partial charge in [0.25, 0.3) is 0 Å². The van der Waals surface area contributed by atoms with Gasteiger partial charge in [0.1, 0.15) is 0 Å². The number of phenolic OH excluding ortho intramolecular Hbond substituents is 6. The molecule has 0 saturated heterocycles. The highest BCUT2D eigenvalue weighted by Crippen LogP contribution is 2.50. The zero-order valence-electron chi connectivity index (χ0n) is 12.5. The van der Waals surface area contributed by atoms with Crippen molar-refractivity contribution in [3.05, 3.63) is 59.7 Å². The fourth-order valence-electron chi connectivity index (χ4n) is 2.92. The van der Waals surface area contributed by atoms with Gasteiger partial charge in [-0.05, 0) is 12.1 Å². The monoisotopic (exact) mass is 328 g/mol. The summed E-state index contributed by atoms with van der Waals surface area (Å²) in [6.45, 7) is 0. The van der Waals surface area contributed by atoms with E-state index in [0.29, 0.717) is 0 Å². The van der Waals surface area contributed by atoms with Gasteiger partial charge in [0.2, 0.25) is 11.5 Å². The average molecular weight is 328 g/mol. The summed E-state index contributed by atoms with van der Waals surface area (Å²) in [4.78, 5) is 0. The quantitative estimate of drug-likeness (QED) is 0.482. The van der Waals surface area contributed by atoms with Crippen LogP contribution in [-0.2, 0) is 0 Å². The molecule has 0 heterocycles. The molecular weight excluding hydrogens is 312 g/mol. The fraction of sp³-hybridized carbons (Fsp3) is 0.111. The molecule has 0 bridgehead atoms. The molecule has 0 unspecified atom stereocenters. The maximum absolute atomic E-state index is 10.2. The van der Waals surface area contributed by atoms with E-state index in [1.165, 1.54) is 24.3 Å². The van der Waals surface area contributed by atoms with E-state index < -0.39 is 40.4 Å². The number of aromatic hydroxyl groups is 6. The zero-order chi connectivity index (χ0) is 17.4. The van der Waals surface area contributed by atoms with Crippen LogP contribution < -0.4 is 0 Å². The van der Waals surface area contributed by atoms with E-state index in [1.54, 1.807) is 12.2 Å². The molecule has 2 aromatic rings. The van der Waals surface area contributed by atoms with Crippen molar-refractivity contribution >= 4 is 0 Å². The second-order valence-corrected chi connectivity index (χ2v) is 5.57. The largest absolute Gasteiger partial charge is 0.504 e. The van der Waals surface area contributed by atoms with Crippen LogP contribution in [0.1, 0.15) is 17.0 Å². The molecule has 124 valence electrons. The molecule has 1 aliphatic rings. The molecule has 0 saturated carbocycles. The molecule has 24 heavy (non-hydrogen) atoms. The standard InChI is InChI=1S/C18H16O6/c19-12-7-5-10(15(21)17(12)23)14(9-3-1-2-4-9)11-6-8-13(20)18(24)16(11)22/h1-9,14,19-24H. The number of rotatable bonds is 3. The van der Waals surface area contributed by atoms with E-state index in [-0.39, 0.29) is 17.0 Å². The van der Waals surface area contributed by atoms with Crippen LogP contribution in [-0.4, -0.2) is 30.6 Å². The second-order valence-electron chi connectivity index (χ2n) is 5.57. The van der Waals surface area contributed by atoms with Crippen molar-refractivity contribution in [2.75, 3.05) is 0 Å². The van der Waals surface area contributed by atoms with Crippen LogP contribution in [0.3, 0.4) is 0 Å². The summed E-state index contributed by atoms with van der Waals surface area (Å²) in [7, 11) is 0. The van der Waals surface area contributed by atoms with Crippen molar-refractivity contribution in [2.45, 2.75) is 5.92 Å². The number of hydrogen-bond acceptors (Lipinski definition) is 6. The summed E-state index contributed by atoms with van der Waals surface area (Å²) in [5.41, 5.74) is 0.513. The smallest absolute Gasteiger partial charge is 0.200 e. The minimum Gasteiger partial charge on any atom is -0.504 e. The fourth-order valence-corrected chi connectivity index (χ4v) is 2.92. The Morgan fingerprint density at radius 3 is 1.42 bits per heavy atom. The topological polar surface area (TPSA) is 121 Å². The van der Waals surface area contributed by atoms with Crippen LogP contribution >= 0.6 is 0 Å². The van der Waals surface area contributed by atoms with Crippen LogP contribution in [0.4, 0.5) is 0 Å². The van der Waals surface area contributed by atoms with Crippen molar-refractivity contribution < 1.29 is 30.6 Å². The van der Waals surface area contributed by atoms with Gasteiger partial charge in [-0.25, -0.2) is 0 Å². The first-order valence-corrected chi connectivity index (χ1v) is 7.24. The van der Waals surface area contributed by atoms with E-state index in [0.717, 1.165) is 0 Å². The van der Waals surface area contributed by atoms with E-state index in [2.05, 4.69) is 0 Å². The zero-order valence-corrected chi connectivity index (χ0v) is 12.5. The summed E-state index contributed by atoms with van der Waals surface area (Å²) >= 11 is 0. The molecule has 6 N–H and O–H groups in total. The van der Waals surface area contributed by atoms with E-state index >= 15 is 0 Å². The third-order valence-electron chi connectivity index (χ3n) is 4.16. The van der Waals surface area contributed by atoms with Crippen LogP contribution in [0.5, 0.6) is 34.5 Å². The number of hydrogen-bond donors (Lipinski definition) is 6. The van der Waals surface area contributed by atoms with Crippen molar-refractivity contribution in [3.8, 4) is 34.5 Å². The van der Waals surface area contributed by atoms with E-state index in [4.69, 9.17) is 0 Å². The van der Waals surface area contributed by atoms with Gasteiger partial charge >= 0.3 is 0 Å². The van der Waals surface area contributed by atoms with Crippen molar-refractivity contribution in [3.63, 3.8) is 0 Å². The molecule has 0 radical (unpaired) electrons. The lowest BCUT2D eigenvalue weighted by molar-refractivity contribution is 0.357. The highest BCUT2D eigenvalue weighted by Gasteiger charge is 2.30. The molecule has 0 aromatic heterocycles. The maximum Gasteiger partial charge on any atom is 0.200 e. The van der Waals surface area contributed by atoms with Gasteiger partial charge in [-0.2, -0.15) is 0 Å². The SMILES string of the molecule is Oc1ccc(C(c2ccc(O)c(O)c2O)C2C=CC=C2)c(O)c1O. The highest BCUT2D eigenvalue weighted by atomic mass is 16.3. The Balaban J connectivity index is 2.23. The highest BCUT2D eigenvalue weighted by molar-refractivity contribution is 5.61. The van der Waals surface area contributed by atoms with Gasteiger partial charge in [0.05, 0.1) is 0 Å². The first kappa shape index (κ1) is 15.6. The molecule has 6 heteroatoms. The molecule has 3 rings (SSSR count). The number of allylic oxidation sites excluding steroid dienone is 4. The second kappa shape index (κ2) is 5.73. The third-order valence-corrected chi connectivity index (χ3v) is 4.16. The summed E-state index contributed by atoms with van der Waals surface area (Å²) in [6, 6.07) is 5.32. The lowest BCUT2D eigenvalue weighted by atomic mass is 9.80. The molecule has 0 aliphatic heterocycles. The van der Waals surface area contributed by atoms with Gasteiger partial charge in [0.15, 0.2) is 23.0 Å². The minimum absolute atomic E-state index is 0.256. The lowest BCUT2D eigenvalue weighted by Crippen LogP contribution is -2.10. The Bertz CT molecular complexity index is 784. The Labute approximate surface area is 137 Å². The third kappa shape index (κ3) is 2.38. The Hall–Kier alpha value is -3.28. The predicted octanol–water partition coefficient (Wildman–Crippen LogP) is 2.79. The number of phenols is 6. The Kier molecular flexibility index (Phi) is 3.73. The minimum atomic E-state index is -0.661. The van der Waals surface area contributed by atoms with Gasteiger partial charge in [-0.15, -0.1) is 0 Å². The summed E-state index contributed by atoms with van der Waals surface area (Å²) < 4.78 is 0. The Morgan fingerprint density at radius 2 is 1.00 bits per heavy atom. The van der Waals surface area contributed by atoms with E-state index in [1.807, 2.05) is 12.2 Å². The number of benzene rings is 2. The summed E-state index contributed by atoms with van der Waals surface area (Å²) in [5.74, 6) is -4.21. The van der Waals surface area contributed by atoms with E-state index in [9.17, 15) is 30.6 Å². The van der Waals surface area contributed by atoms with Gasteiger partial charge < -0.3 is 30.6 Å². The Morgan fingerprint density at radius 1 is 0.583 bits per heavy atom. The first-order valence-electron chi connectivity index (χ1n) is 7.24. The van der Waals surface area contributed by atoms with Crippen molar-refractivity contribution in [1.29, 1.82) is 0 Å². The summed E-state index contributed by atoms with van der Waals surface area (Å²) in [6.07, 6.45) is 7.26. The normalized spacial score (nSPS) is 13.9. The van der Waals surface area contributed by atoms with Crippen LogP contribution in [0.25, 0.3) is 0 Å². The molecule has 6 nitrogen and oxygen atoms in total. The van der Waals surface area contributed by atoms with Gasteiger partial charge in [0, 0.05) is 23.0 Å². The van der Waals surface area contributed by atoms with Crippen molar-refractivity contribution in [2.24, 2.45) is 5.92 Å². The summed E-state index contributed by atoms with van der Waals surface area (Å²) in [5, 5.41) is 59.1. The molecule has 0 atom stereocenters. The van der Waals surface area contributed by atoms with Crippen LogP contribution in [0.15, 0.2) is 48.6 Å². The molecule has 0 fully saturated rings. The predicted molar refractivity (Wildman–Crippen MR) is 86.5 cm³/mol. The average Bonchev–Trinajstić information content (AvgIpc) is 3.09. The molecule has 0 spiro atoms. The van der Waals surface area contributed by atoms with Gasteiger partial charge in [-0.1, -0.05) is 36.4 Å². The molecule has 2 aromatic carbocycles. The maximum atomic E-state index is 10.2. The van der Waals surface area contributed by atoms with Gasteiger partial charge in [-0.3, -0.25) is 0 Å². The molecule has 0 amide bonds. The van der Waals surface area contributed by atoms with Crippen LogP contribution in [0.2, 0.25) is 0 Å². The first-order chi connectivity index (χ1) is 11.4. The lowest BCUT2D eigenvalue weighted by Gasteiger charge is -2.25.